The number of amides is 1. The number of methoxy groups -OCH3 is 2. The summed E-state index contributed by atoms with van der Waals surface area (Å²) >= 11 is 0. The largest absolute Gasteiger partial charge is 0.494 e. The summed E-state index contributed by atoms with van der Waals surface area (Å²) in [5, 5.41) is 0. The van der Waals surface area contributed by atoms with Crippen LogP contribution in [-0.2, 0) is 0 Å². The number of hydrogen-bond donors (Lipinski definition) is 0. The summed E-state index contributed by atoms with van der Waals surface area (Å²) in [6, 6.07) is 9.18. The highest BCUT2D eigenvalue weighted by molar-refractivity contribution is 5.94. The highest BCUT2D eigenvalue weighted by atomic mass is 19.1. The molecule has 2 fully saturated rings. The summed E-state index contributed by atoms with van der Waals surface area (Å²) < 4.78 is 30.0. The van der Waals surface area contributed by atoms with Crippen molar-refractivity contribution in [3.8, 4) is 23.0 Å². The van der Waals surface area contributed by atoms with Crippen molar-refractivity contribution in [2.24, 2.45) is 0 Å². The molecule has 1 saturated carbocycles. The summed E-state index contributed by atoms with van der Waals surface area (Å²) in [4.78, 5) is 26.5. The van der Waals surface area contributed by atoms with E-state index >= 15 is 0 Å². The standard InChI is InChI=1S/C26H27FN4O4/c1-17-12-22(33-2)21(14-28-17)30-10-11-31(26(16-30)8-9-26)25(32)20-13-23(34-3)24(15-29-20)35-19-6-4-18(27)5-7-19/h4-7,12-15H,8-11,16H2,1-3H3. The number of hydrogen-bond acceptors (Lipinski definition) is 7. The van der Waals surface area contributed by atoms with Crippen LogP contribution in [0.15, 0.2) is 48.8 Å². The number of carbonyl (C=O) groups excluding carboxylic acids is 1. The smallest absolute Gasteiger partial charge is 0.273 e. The Morgan fingerprint density at radius 3 is 2.40 bits per heavy atom. The molecule has 2 aliphatic rings. The van der Waals surface area contributed by atoms with Crippen molar-refractivity contribution >= 4 is 11.6 Å². The summed E-state index contributed by atoms with van der Waals surface area (Å²) in [5.74, 6) is 1.47. The van der Waals surface area contributed by atoms with Crippen molar-refractivity contribution in [3.05, 3.63) is 66.0 Å². The van der Waals surface area contributed by atoms with Crippen LogP contribution in [0.25, 0.3) is 0 Å². The van der Waals surface area contributed by atoms with E-state index in [0.717, 1.165) is 30.0 Å². The highest BCUT2D eigenvalue weighted by Gasteiger charge is 2.53. The first kappa shape index (κ1) is 22.9. The maximum absolute atomic E-state index is 13.5. The van der Waals surface area contributed by atoms with Gasteiger partial charge in [0, 0.05) is 37.5 Å². The third-order valence-electron chi connectivity index (χ3n) is 6.58. The number of anilines is 1. The number of aromatic nitrogens is 2. The molecule has 0 atom stereocenters. The molecule has 9 heteroatoms. The molecule has 0 unspecified atom stereocenters. The van der Waals surface area contributed by atoms with Gasteiger partial charge in [-0.2, -0.15) is 0 Å². The van der Waals surface area contributed by atoms with Crippen LogP contribution in [-0.4, -0.2) is 60.2 Å². The fourth-order valence-electron chi connectivity index (χ4n) is 4.55. The minimum atomic E-state index is -0.352. The molecule has 1 aliphatic heterocycles. The van der Waals surface area contributed by atoms with E-state index < -0.39 is 0 Å². The predicted octanol–water partition coefficient (Wildman–Crippen LogP) is 4.23. The van der Waals surface area contributed by atoms with Crippen molar-refractivity contribution in [1.82, 2.24) is 14.9 Å². The molecule has 1 aromatic carbocycles. The monoisotopic (exact) mass is 478 g/mol. The molecule has 8 nitrogen and oxygen atoms in total. The summed E-state index contributed by atoms with van der Waals surface area (Å²) in [5.41, 5.74) is 1.90. The molecule has 5 rings (SSSR count). The molecule has 0 N–H and O–H groups in total. The lowest BCUT2D eigenvalue weighted by Gasteiger charge is -2.43. The van der Waals surface area contributed by atoms with Gasteiger partial charge in [0.15, 0.2) is 11.5 Å². The van der Waals surface area contributed by atoms with Crippen molar-refractivity contribution in [1.29, 1.82) is 0 Å². The van der Waals surface area contributed by atoms with E-state index in [1.807, 2.05) is 24.1 Å². The Hall–Kier alpha value is -3.88. The Balaban J connectivity index is 1.34. The maximum Gasteiger partial charge on any atom is 0.273 e. The Bertz CT molecular complexity index is 1250. The molecule has 1 amide bonds. The van der Waals surface area contributed by atoms with E-state index in [2.05, 4.69) is 14.9 Å². The fourth-order valence-corrected chi connectivity index (χ4v) is 4.55. The van der Waals surface area contributed by atoms with E-state index in [1.54, 1.807) is 13.2 Å². The molecular weight excluding hydrogens is 451 g/mol. The first-order chi connectivity index (χ1) is 16.9. The number of carbonyl (C=O) groups is 1. The van der Waals surface area contributed by atoms with Crippen LogP contribution >= 0.6 is 0 Å². The van der Waals surface area contributed by atoms with Gasteiger partial charge in [-0.25, -0.2) is 9.37 Å². The number of piperazine rings is 1. The van der Waals surface area contributed by atoms with Gasteiger partial charge in [0.1, 0.15) is 23.0 Å². The molecule has 0 radical (unpaired) electrons. The van der Waals surface area contributed by atoms with Crippen LogP contribution in [0.3, 0.4) is 0 Å². The summed E-state index contributed by atoms with van der Waals surface area (Å²) in [6.45, 7) is 3.87. The molecule has 3 aromatic rings. The van der Waals surface area contributed by atoms with E-state index in [4.69, 9.17) is 14.2 Å². The van der Waals surface area contributed by atoms with E-state index in [0.29, 0.717) is 42.6 Å². The SMILES string of the molecule is COc1cc(C(=O)N2CCN(c3cnc(C)cc3OC)CC23CC3)ncc1Oc1ccc(F)cc1. The molecule has 3 heterocycles. The van der Waals surface area contributed by atoms with Crippen LogP contribution < -0.4 is 19.1 Å². The van der Waals surface area contributed by atoms with Gasteiger partial charge in [-0.3, -0.25) is 9.78 Å². The number of halogens is 1. The second kappa shape index (κ2) is 9.05. The number of ether oxygens (including phenoxy) is 3. The first-order valence-corrected chi connectivity index (χ1v) is 11.5. The molecule has 1 spiro atoms. The molecule has 35 heavy (non-hydrogen) atoms. The van der Waals surface area contributed by atoms with Crippen molar-refractivity contribution < 1.29 is 23.4 Å². The lowest BCUT2D eigenvalue weighted by atomic mass is 10.1. The predicted molar refractivity (Wildman–Crippen MR) is 128 cm³/mol. The Kier molecular flexibility index (Phi) is 5.92. The van der Waals surface area contributed by atoms with Gasteiger partial charge in [0.2, 0.25) is 0 Å². The summed E-state index contributed by atoms with van der Waals surface area (Å²) in [6.07, 6.45) is 5.17. The van der Waals surface area contributed by atoms with E-state index in [-0.39, 0.29) is 17.3 Å². The lowest BCUT2D eigenvalue weighted by molar-refractivity contribution is 0.0617. The van der Waals surface area contributed by atoms with Crippen LogP contribution in [0, 0.1) is 12.7 Å². The normalized spacial score (nSPS) is 16.2. The van der Waals surface area contributed by atoms with Gasteiger partial charge < -0.3 is 24.0 Å². The Morgan fingerprint density at radius 1 is 0.971 bits per heavy atom. The number of benzene rings is 1. The number of rotatable bonds is 6. The van der Waals surface area contributed by atoms with Crippen LogP contribution in [0.2, 0.25) is 0 Å². The van der Waals surface area contributed by atoms with E-state index in [9.17, 15) is 9.18 Å². The highest BCUT2D eigenvalue weighted by Crippen LogP contribution is 2.47. The van der Waals surface area contributed by atoms with E-state index in [1.165, 1.54) is 37.6 Å². The second-order valence-electron chi connectivity index (χ2n) is 8.88. The van der Waals surface area contributed by atoms with Gasteiger partial charge in [-0.05, 0) is 44.0 Å². The minimum absolute atomic E-state index is 0.136. The third-order valence-corrected chi connectivity index (χ3v) is 6.58. The zero-order valence-electron chi connectivity index (χ0n) is 20.0. The third kappa shape index (κ3) is 4.45. The van der Waals surface area contributed by atoms with Crippen LogP contribution in [0.1, 0.15) is 29.0 Å². The molecule has 0 bridgehead atoms. The average molecular weight is 479 g/mol. The maximum atomic E-state index is 13.5. The minimum Gasteiger partial charge on any atom is -0.494 e. The molecular formula is C26H27FN4O4. The number of pyridine rings is 2. The van der Waals surface area contributed by atoms with Crippen molar-refractivity contribution in [3.63, 3.8) is 0 Å². The second-order valence-corrected chi connectivity index (χ2v) is 8.88. The van der Waals surface area contributed by atoms with Crippen LogP contribution in [0.5, 0.6) is 23.0 Å². The lowest BCUT2D eigenvalue weighted by Crippen LogP contribution is -2.57. The first-order valence-electron chi connectivity index (χ1n) is 11.5. The topological polar surface area (TPSA) is 77.0 Å². The molecule has 2 aromatic heterocycles. The quantitative estimate of drug-likeness (QED) is 0.525. The molecule has 1 saturated heterocycles. The Morgan fingerprint density at radius 2 is 1.71 bits per heavy atom. The fraction of sp³-hybridized carbons (Fsp3) is 0.346. The van der Waals surface area contributed by atoms with Gasteiger partial charge in [-0.15, -0.1) is 0 Å². The van der Waals surface area contributed by atoms with Crippen molar-refractivity contribution in [2.45, 2.75) is 25.3 Å². The zero-order valence-corrected chi connectivity index (χ0v) is 20.0. The van der Waals surface area contributed by atoms with Gasteiger partial charge in [-0.1, -0.05) is 0 Å². The van der Waals surface area contributed by atoms with Gasteiger partial charge in [0.05, 0.1) is 37.8 Å². The number of nitrogens with zero attached hydrogens (tertiary/aromatic N) is 4. The Labute approximate surface area is 203 Å². The van der Waals surface area contributed by atoms with Gasteiger partial charge >= 0.3 is 0 Å². The zero-order chi connectivity index (χ0) is 24.6. The molecule has 182 valence electrons. The van der Waals surface area contributed by atoms with Crippen LogP contribution in [0.4, 0.5) is 10.1 Å². The van der Waals surface area contributed by atoms with Gasteiger partial charge in [0.25, 0.3) is 5.91 Å². The molecule has 1 aliphatic carbocycles. The number of aryl methyl sites for hydroxylation is 1. The summed E-state index contributed by atoms with van der Waals surface area (Å²) in [7, 11) is 3.17. The average Bonchev–Trinajstić information content (AvgIpc) is 3.64. The van der Waals surface area contributed by atoms with Crippen molar-refractivity contribution in [2.75, 3.05) is 38.8 Å².